The number of aryl methyl sites for hydroxylation is 1. The number of halogens is 2. The van der Waals surface area contributed by atoms with Crippen molar-refractivity contribution in [3.8, 4) is 11.5 Å². The number of aromatic hydroxyl groups is 1. The molecule has 0 saturated carbocycles. The summed E-state index contributed by atoms with van der Waals surface area (Å²) in [5.74, 6) is 0.966. The van der Waals surface area contributed by atoms with Crippen LogP contribution in [0.15, 0.2) is 57.5 Å². The molecule has 0 amide bonds. The van der Waals surface area contributed by atoms with Gasteiger partial charge >= 0.3 is 0 Å². The highest BCUT2D eigenvalue weighted by Crippen LogP contribution is 2.33. The van der Waals surface area contributed by atoms with E-state index in [0.29, 0.717) is 34.0 Å². The van der Waals surface area contributed by atoms with Gasteiger partial charge in [0, 0.05) is 12.0 Å². The zero-order valence-electron chi connectivity index (χ0n) is 14.3. The molecule has 5 heteroatoms. The third-order valence-electron chi connectivity index (χ3n) is 4.29. The highest BCUT2D eigenvalue weighted by Gasteiger charge is 2.12. The van der Waals surface area contributed by atoms with E-state index in [1.807, 2.05) is 31.2 Å². The minimum Gasteiger partial charge on any atom is -0.506 e. The Balaban J connectivity index is 1.59. The van der Waals surface area contributed by atoms with Gasteiger partial charge in [0.25, 0.3) is 0 Å². The molecular weight excluding hydrogens is 460 g/mol. The van der Waals surface area contributed by atoms with Gasteiger partial charge in [-0.2, -0.15) is 0 Å². The molecule has 3 rings (SSSR count). The van der Waals surface area contributed by atoms with Crippen molar-refractivity contribution in [2.24, 2.45) is 0 Å². The molecule has 0 spiro atoms. The predicted octanol–water partition coefficient (Wildman–Crippen LogP) is 6.42. The zero-order chi connectivity index (χ0) is 18.7. The van der Waals surface area contributed by atoms with Crippen molar-refractivity contribution in [3.05, 3.63) is 68.6 Å². The fourth-order valence-corrected chi connectivity index (χ4v) is 4.04. The quantitative estimate of drug-likeness (QED) is 0.329. The van der Waals surface area contributed by atoms with Crippen LogP contribution in [-0.2, 0) is 0 Å². The lowest BCUT2D eigenvalue weighted by atomic mass is 10.0. The van der Waals surface area contributed by atoms with Crippen LogP contribution in [-0.4, -0.2) is 17.5 Å². The molecule has 3 aromatic rings. The minimum absolute atomic E-state index is 0.0187. The Labute approximate surface area is 169 Å². The van der Waals surface area contributed by atoms with Gasteiger partial charge in [-0.25, -0.2) is 0 Å². The Morgan fingerprint density at radius 2 is 1.77 bits per heavy atom. The first kappa shape index (κ1) is 18.9. The SMILES string of the molecule is Cc1c(OCCCC(=O)c2cc(Br)c(O)c(Br)c2)ccc2ccccc12. The van der Waals surface area contributed by atoms with Crippen molar-refractivity contribution in [3.63, 3.8) is 0 Å². The molecule has 0 radical (unpaired) electrons. The van der Waals surface area contributed by atoms with E-state index in [1.165, 1.54) is 10.8 Å². The van der Waals surface area contributed by atoms with Gasteiger partial charge in [-0.3, -0.25) is 4.79 Å². The second-order valence-electron chi connectivity index (χ2n) is 6.07. The Morgan fingerprint density at radius 1 is 1.08 bits per heavy atom. The molecule has 134 valence electrons. The number of phenols is 1. The summed E-state index contributed by atoms with van der Waals surface area (Å²) in [4.78, 5) is 12.3. The molecule has 0 atom stereocenters. The maximum atomic E-state index is 12.3. The van der Waals surface area contributed by atoms with E-state index in [2.05, 4.69) is 44.0 Å². The predicted molar refractivity (Wildman–Crippen MR) is 111 cm³/mol. The van der Waals surface area contributed by atoms with E-state index >= 15 is 0 Å². The van der Waals surface area contributed by atoms with Crippen LogP contribution in [0.3, 0.4) is 0 Å². The lowest BCUT2D eigenvalue weighted by molar-refractivity contribution is 0.0973. The monoisotopic (exact) mass is 476 g/mol. The molecule has 0 heterocycles. The van der Waals surface area contributed by atoms with Crippen molar-refractivity contribution in [1.29, 1.82) is 0 Å². The topological polar surface area (TPSA) is 46.5 Å². The normalized spacial score (nSPS) is 10.9. The number of rotatable bonds is 6. The van der Waals surface area contributed by atoms with Gasteiger partial charge in [0.2, 0.25) is 0 Å². The van der Waals surface area contributed by atoms with Gasteiger partial charge in [0.1, 0.15) is 11.5 Å². The van der Waals surface area contributed by atoms with E-state index in [9.17, 15) is 9.90 Å². The molecule has 26 heavy (non-hydrogen) atoms. The molecule has 0 aliphatic carbocycles. The summed E-state index contributed by atoms with van der Waals surface area (Å²) < 4.78 is 6.88. The molecule has 1 N–H and O–H groups in total. The number of hydrogen-bond donors (Lipinski definition) is 1. The van der Waals surface area contributed by atoms with Crippen LogP contribution in [0.1, 0.15) is 28.8 Å². The Bertz CT molecular complexity index is 944. The van der Waals surface area contributed by atoms with E-state index in [-0.39, 0.29) is 11.5 Å². The maximum absolute atomic E-state index is 12.3. The summed E-state index contributed by atoms with van der Waals surface area (Å²) in [6.07, 6.45) is 1.01. The minimum atomic E-state index is 0.0187. The van der Waals surface area contributed by atoms with Gasteiger partial charge in [-0.05, 0) is 79.7 Å². The smallest absolute Gasteiger partial charge is 0.163 e. The van der Waals surface area contributed by atoms with Crippen LogP contribution in [0.5, 0.6) is 11.5 Å². The van der Waals surface area contributed by atoms with E-state index in [4.69, 9.17) is 4.74 Å². The summed E-state index contributed by atoms with van der Waals surface area (Å²) in [5, 5.41) is 12.1. The first-order valence-electron chi connectivity index (χ1n) is 8.29. The lowest BCUT2D eigenvalue weighted by Crippen LogP contribution is -2.05. The van der Waals surface area contributed by atoms with E-state index < -0.39 is 0 Å². The molecule has 0 aromatic heterocycles. The number of Topliss-reactive ketones (excluding diaryl/α,β-unsaturated/α-hetero) is 1. The van der Waals surface area contributed by atoms with Crippen molar-refractivity contribution in [2.75, 3.05) is 6.61 Å². The zero-order valence-corrected chi connectivity index (χ0v) is 17.4. The Hall–Kier alpha value is -1.85. The number of ketones is 1. The number of carbonyl (C=O) groups excluding carboxylic acids is 1. The molecular formula is C21H18Br2O3. The van der Waals surface area contributed by atoms with Crippen LogP contribution in [0.2, 0.25) is 0 Å². The van der Waals surface area contributed by atoms with Crippen LogP contribution < -0.4 is 4.74 Å². The lowest BCUT2D eigenvalue weighted by Gasteiger charge is -2.11. The third-order valence-corrected chi connectivity index (χ3v) is 5.50. The molecule has 3 nitrogen and oxygen atoms in total. The summed E-state index contributed by atoms with van der Waals surface area (Å²) in [7, 11) is 0. The van der Waals surface area contributed by atoms with Crippen molar-refractivity contribution >= 4 is 48.4 Å². The Kier molecular flexibility index (Phi) is 5.99. The number of benzene rings is 3. The molecule has 0 aliphatic rings. The van der Waals surface area contributed by atoms with Crippen LogP contribution in [0, 0.1) is 6.92 Å². The summed E-state index contributed by atoms with van der Waals surface area (Å²) in [5.41, 5.74) is 1.67. The van der Waals surface area contributed by atoms with Crippen molar-refractivity contribution in [2.45, 2.75) is 19.8 Å². The van der Waals surface area contributed by atoms with Crippen LogP contribution in [0.4, 0.5) is 0 Å². The van der Waals surface area contributed by atoms with Crippen molar-refractivity contribution in [1.82, 2.24) is 0 Å². The molecule has 0 fully saturated rings. The molecule has 0 aliphatic heterocycles. The summed E-state index contributed by atoms with van der Waals surface area (Å²) in [6.45, 7) is 2.53. The van der Waals surface area contributed by atoms with Crippen LogP contribution >= 0.6 is 31.9 Å². The van der Waals surface area contributed by atoms with Gasteiger partial charge in [0.15, 0.2) is 5.78 Å². The fraction of sp³-hybridized carbons (Fsp3) is 0.190. The highest BCUT2D eigenvalue weighted by atomic mass is 79.9. The molecule has 3 aromatic carbocycles. The van der Waals surface area contributed by atoms with E-state index in [0.717, 1.165) is 11.3 Å². The van der Waals surface area contributed by atoms with E-state index in [1.54, 1.807) is 12.1 Å². The van der Waals surface area contributed by atoms with Crippen molar-refractivity contribution < 1.29 is 14.6 Å². The summed E-state index contributed by atoms with van der Waals surface area (Å²) in [6, 6.07) is 15.5. The summed E-state index contributed by atoms with van der Waals surface area (Å²) >= 11 is 6.50. The average molecular weight is 478 g/mol. The van der Waals surface area contributed by atoms with Gasteiger partial charge in [-0.15, -0.1) is 0 Å². The van der Waals surface area contributed by atoms with Gasteiger partial charge in [-0.1, -0.05) is 30.3 Å². The fourth-order valence-electron chi connectivity index (χ4n) is 2.85. The second-order valence-corrected chi connectivity index (χ2v) is 7.78. The number of carbonyl (C=O) groups is 1. The first-order chi connectivity index (χ1) is 12.5. The average Bonchev–Trinajstić information content (AvgIpc) is 2.64. The second kappa shape index (κ2) is 8.23. The van der Waals surface area contributed by atoms with Gasteiger partial charge < -0.3 is 9.84 Å². The number of hydrogen-bond acceptors (Lipinski definition) is 3. The number of fused-ring (bicyclic) bond motifs is 1. The third kappa shape index (κ3) is 4.10. The Morgan fingerprint density at radius 3 is 2.50 bits per heavy atom. The first-order valence-corrected chi connectivity index (χ1v) is 9.88. The standard InChI is InChI=1S/C21H18Br2O3/c1-13-16-6-3-2-5-14(16)8-9-20(13)26-10-4-7-19(24)15-11-17(22)21(25)18(23)12-15/h2-3,5-6,8-9,11-12,25H,4,7,10H2,1H3. The number of ether oxygens (including phenoxy) is 1. The molecule has 0 saturated heterocycles. The van der Waals surface area contributed by atoms with Crippen LogP contribution in [0.25, 0.3) is 10.8 Å². The molecule has 0 bridgehead atoms. The molecule has 0 unspecified atom stereocenters. The highest BCUT2D eigenvalue weighted by molar-refractivity contribution is 9.11. The largest absolute Gasteiger partial charge is 0.506 e. The van der Waals surface area contributed by atoms with Gasteiger partial charge in [0.05, 0.1) is 15.6 Å². The maximum Gasteiger partial charge on any atom is 0.163 e. The number of phenolic OH excluding ortho intramolecular Hbond substituents is 1.